The Balaban J connectivity index is 1.75. The summed E-state index contributed by atoms with van der Waals surface area (Å²) in [6.45, 7) is 5.18. The molecule has 4 rings (SSSR count). The summed E-state index contributed by atoms with van der Waals surface area (Å²) in [7, 11) is -4.40. The SMILES string of the molecule is CC[C@H](C(=O)NC(C)C)N(Cc1ccc(Cl)c(Cl)c1)C(=O)CN(c1ccc(F)cc1)S(=O)(=O)c1ccc2c(c1)OCCO2. The van der Waals surface area contributed by atoms with Crippen LogP contribution in [0.5, 0.6) is 11.5 Å². The molecule has 0 fully saturated rings. The molecule has 3 aromatic rings. The molecule has 1 N–H and O–H groups in total. The van der Waals surface area contributed by atoms with Gasteiger partial charge in [0.1, 0.15) is 31.6 Å². The van der Waals surface area contributed by atoms with Crippen molar-refractivity contribution in [2.45, 2.75) is 50.7 Å². The van der Waals surface area contributed by atoms with Gasteiger partial charge in [-0.05, 0) is 74.4 Å². The molecule has 0 saturated heterocycles. The van der Waals surface area contributed by atoms with E-state index in [0.29, 0.717) is 22.9 Å². The first-order chi connectivity index (χ1) is 20.4. The Labute approximate surface area is 260 Å². The highest BCUT2D eigenvalue weighted by Crippen LogP contribution is 2.34. The zero-order valence-electron chi connectivity index (χ0n) is 23.8. The van der Waals surface area contributed by atoms with E-state index in [1.165, 1.54) is 35.2 Å². The fraction of sp³-hybridized carbons (Fsp3) is 0.333. The van der Waals surface area contributed by atoms with Crippen molar-refractivity contribution < 1.29 is 31.9 Å². The third-order valence-electron chi connectivity index (χ3n) is 6.65. The second-order valence-corrected chi connectivity index (χ2v) is 12.8. The summed E-state index contributed by atoms with van der Waals surface area (Å²) in [5.41, 5.74) is 0.639. The maximum atomic E-state index is 14.1. The van der Waals surface area contributed by atoms with Gasteiger partial charge in [0.25, 0.3) is 10.0 Å². The fourth-order valence-electron chi connectivity index (χ4n) is 4.58. The van der Waals surface area contributed by atoms with Crippen molar-refractivity contribution in [3.8, 4) is 11.5 Å². The molecule has 230 valence electrons. The number of sulfonamides is 1. The third-order valence-corrected chi connectivity index (χ3v) is 9.16. The summed E-state index contributed by atoms with van der Waals surface area (Å²) in [5, 5.41) is 3.42. The second-order valence-electron chi connectivity index (χ2n) is 10.2. The standard InChI is InChI=1S/C30H32Cl2FN3O6S/c1-4-26(30(38)34-19(2)3)35(17-20-5-11-24(31)25(32)15-20)29(37)18-36(22-8-6-21(33)7-9-22)43(39,40)23-10-12-27-28(16-23)42-14-13-41-27/h5-12,15-16,19,26H,4,13-14,17-18H2,1-3H3,(H,34,38)/t26-/m1/s1. The Kier molecular flexibility index (Phi) is 10.4. The van der Waals surface area contributed by atoms with E-state index in [-0.39, 0.29) is 47.0 Å². The fourth-order valence-corrected chi connectivity index (χ4v) is 6.33. The first-order valence-electron chi connectivity index (χ1n) is 13.6. The Morgan fingerprint density at radius 2 is 1.63 bits per heavy atom. The minimum Gasteiger partial charge on any atom is -0.486 e. The van der Waals surface area contributed by atoms with Gasteiger partial charge in [0.15, 0.2) is 11.5 Å². The number of amides is 2. The van der Waals surface area contributed by atoms with Gasteiger partial charge in [0, 0.05) is 18.7 Å². The van der Waals surface area contributed by atoms with E-state index < -0.39 is 40.2 Å². The predicted octanol–water partition coefficient (Wildman–Crippen LogP) is 5.43. The van der Waals surface area contributed by atoms with Gasteiger partial charge in [-0.1, -0.05) is 36.2 Å². The van der Waals surface area contributed by atoms with E-state index in [9.17, 15) is 22.4 Å². The second kappa shape index (κ2) is 13.8. The highest BCUT2D eigenvalue weighted by atomic mass is 35.5. The average Bonchev–Trinajstić information content (AvgIpc) is 2.97. The first-order valence-corrected chi connectivity index (χ1v) is 15.8. The Bertz CT molecular complexity index is 1590. The van der Waals surface area contributed by atoms with Crippen molar-refractivity contribution >= 4 is 50.7 Å². The van der Waals surface area contributed by atoms with Crippen LogP contribution < -0.4 is 19.1 Å². The van der Waals surface area contributed by atoms with Crippen molar-refractivity contribution in [1.82, 2.24) is 10.2 Å². The molecule has 0 spiro atoms. The van der Waals surface area contributed by atoms with Gasteiger partial charge >= 0.3 is 0 Å². The number of fused-ring (bicyclic) bond motifs is 1. The minimum atomic E-state index is -4.40. The molecule has 13 heteroatoms. The Morgan fingerprint density at radius 3 is 2.26 bits per heavy atom. The highest BCUT2D eigenvalue weighted by molar-refractivity contribution is 7.92. The van der Waals surface area contributed by atoms with E-state index in [2.05, 4.69) is 5.32 Å². The van der Waals surface area contributed by atoms with Crippen LogP contribution >= 0.6 is 23.2 Å². The molecular formula is C30H32Cl2FN3O6S. The molecule has 0 radical (unpaired) electrons. The maximum absolute atomic E-state index is 14.1. The van der Waals surface area contributed by atoms with Crippen molar-refractivity contribution in [2.75, 3.05) is 24.1 Å². The van der Waals surface area contributed by atoms with Crippen LogP contribution in [0.15, 0.2) is 65.6 Å². The molecule has 0 aliphatic carbocycles. The predicted molar refractivity (Wildman–Crippen MR) is 163 cm³/mol. The molecular weight excluding hydrogens is 620 g/mol. The van der Waals surface area contributed by atoms with E-state index >= 15 is 0 Å². The Morgan fingerprint density at radius 1 is 0.953 bits per heavy atom. The number of carbonyl (C=O) groups excluding carboxylic acids is 2. The molecule has 1 heterocycles. The van der Waals surface area contributed by atoms with Crippen LogP contribution in [0.1, 0.15) is 32.8 Å². The van der Waals surface area contributed by atoms with Crippen LogP contribution in [0.3, 0.4) is 0 Å². The summed E-state index contributed by atoms with van der Waals surface area (Å²) < 4.78 is 54.0. The quantitative estimate of drug-likeness (QED) is 0.296. The molecule has 3 aromatic carbocycles. The lowest BCUT2D eigenvalue weighted by molar-refractivity contribution is -0.140. The summed E-state index contributed by atoms with van der Waals surface area (Å²) in [5.74, 6) is -1.000. The number of nitrogens with zero attached hydrogens (tertiary/aromatic N) is 2. The molecule has 2 amide bonds. The Hall–Kier alpha value is -3.54. The zero-order chi connectivity index (χ0) is 31.3. The average molecular weight is 653 g/mol. The van der Waals surface area contributed by atoms with Crippen LogP contribution in [0.25, 0.3) is 0 Å². The summed E-state index contributed by atoms with van der Waals surface area (Å²) in [6.07, 6.45) is 0.247. The number of nitrogens with one attached hydrogen (secondary N) is 1. The third kappa shape index (κ3) is 7.70. The molecule has 0 bridgehead atoms. The van der Waals surface area contributed by atoms with Gasteiger partial charge < -0.3 is 19.7 Å². The van der Waals surface area contributed by atoms with Crippen LogP contribution in [0.2, 0.25) is 10.0 Å². The lowest BCUT2D eigenvalue weighted by Gasteiger charge is -2.33. The van der Waals surface area contributed by atoms with Crippen molar-refractivity contribution in [1.29, 1.82) is 0 Å². The molecule has 1 aliphatic heterocycles. The summed E-state index contributed by atoms with van der Waals surface area (Å²) in [4.78, 5) is 28.5. The number of carbonyl (C=O) groups is 2. The topological polar surface area (TPSA) is 105 Å². The molecule has 43 heavy (non-hydrogen) atoms. The normalized spacial score (nSPS) is 13.4. The van der Waals surface area contributed by atoms with Gasteiger partial charge in [-0.25, -0.2) is 12.8 Å². The van der Waals surface area contributed by atoms with Crippen LogP contribution in [-0.2, 0) is 26.2 Å². The maximum Gasteiger partial charge on any atom is 0.264 e. The number of anilines is 1. The molecule has 1 atom stereocenters. The first kappa shape index (κ1) is 32.4. The largest absolute Gasteiger partial charge is 0.486 e. The van der Waals surface area contributed by atoms with Crippen molar-refractivity contribution in [3.63, 3.8) is 0 Å². The number of ether oxygens (including phenoxy) is 2. The van der Waals surface area contributed by atoms with E-state index in [1.807, 2.05) is 0 Å². The van der Waals surface area contributed by atoms with Gasteiger partial charge in [-0.3, -0.25) is 13.9 Å². The van der Waals surface area contributed by atoms with Crippen molar-refractivity contribution in [2.24, 2.45) is 0 Å². The van der Waals surface area contributed by atoms with Crippen LogP contribution in [0.4, 0.5) is 10.1 Å². The molecule has 1 aliphatic rings. The zero-order valence-corrected chi connectivity index (χ0v) is 26.2. The number of benzene rings is 3. The lowest BCUT2D eigenvalue weighted by Crippen LogP contribution is -2.53. The van der Waals surface area contributed by atoms with Crippen molar-refractivity contribution in [3.05, 3.63) is 82.1 Å². The lowest BCUT2D eigenvalue weighted by atomic mass is 10.1. The van der Waals surface area contributed by atoms with Crippen LogP contribution in [0, 0.1) is 5.82 Å². The highest BCUT2D eigenvalue weighted by Gasteiger charge is 2.34. The minimum absolute atomic E-state index is 0.0545. The van der Waals surface area contributed by atoms with Gasteiger partial charge in [-0.15, -0.1) is 0 Å². The molecule has 0 unspecified atom stereocenters. The van der Waals surface area contributed by atoms with Crippen LogP contribution in [-0.4, -0.2) is 57.0 Å². The van der Waals surface area contributed by atoms with E-state index in [0.717, 1.165) is 16.4 Å². The molecule has 9 nitrogen and oxygen atoms in total. The van der Waals surface area contributed by atoms with Gasteiger partial charge in [-0.2, -0.15) is 0 Å². The summed E-state index contributed by atoms with van der Waals surface area (Å²) in [6, 6.07) is 12.6. The number of halogens is 3. The monoisotopic (exact) mass is 651 g/mol. The van der Waals surface area contributed by atoms with Gasteiger partial charge in [0.05, 0.1) is 20.6 Å². The number of hydrogen-bond donors (Lipinski definition) is 1. The van der Waals surface area contributed by atoms with E-state index in [4.69, 9.17) is 32.7 Å². The molecule has 0 aromatic heterocycles. The number of hydrogen-bond acceptors (Lipinski definition) is 6. The summed E-state index contributed by atoms with van der Waals surface area (Å²) >= 11 is 12.3. The smallest absolute Gasteiger partial charge is 0.264 e. The number of rotatable bonds is 11. The molecule has 0 saturated carbocycles. The van der Waals surface area contributed by atoms with Gasteiger partial charge in [0.2, 0.25) is 11.8 Å². The van der Waals surface area contributed by atoms with E-state index in [1.54, 1.807) is 39.0 Å².